The number of rotatable bonds is 12. The summed E-state index contributed by atoms with van der Waals surface area (Å²) in [4.78, 5) is 52.7. The zero-order valence-corrected chi connectivity index (χ0v) is 21.6. The van der Waals surface area contributed by atoms with Crippen LogP contribution in [-0.2, 0) is 20.9 Å². The Morgan fingerprint density at radius 3 is 2.65 bits per heavy atom. The van der Waals surface area contributed by atoms with Gasteiger partial charge in [-0.15, -0.1) is 11.3 Å². The number of thiazole rings is 1. The minimum Gasteiger partial charge on any atom is -0.453 e. The van der Waals surface area contributed by atoms with Crippen molar-refractivity contribution in [3.8, 4) is 5.75 Å². The number of carbonyl (C=O) groups is 3. The number of fused-ring (bicyclic) bond motifs is 1. The number of anilines is 1. The van der Waals surface area contributed by atoms with Crippen molar-refractivity contribution >= 4 is 45.1 Å². The van der Waals surface area contributed by atoms with E-state index < -0.39 is 47.8 Å². The molecule has 4 N–H and O–H groups in total. The zero-order chi connectivity index (χ0) is 29.4. The number of hydrogen-bond donors (Lipinski definition) is 3. The van der Waals surface area contributed by atoms with Crippen molar-refractivity contribution < 1.29 is 41.4 Å². The second-order valence-electron chi connectivity index (χ2n) is 8.09. The Bertz CT molecular complexity index is 1480. The molecule has 0 aliphatic rings. The molecule has 3 amide bonds. The number of aromatic nitrogens is 2. The molecule has 0 bridgehead atoms. The van der Waals surface area contributed by atoms with Gasteiger partial charge >= 0.3 is 18.6 Å². The summed E-state index contributed by atoms with van der Waals surface area (Å²) in [6, 6.07) is 5.54. The molecule has 40 heavy (non-hydrogen) atoms. The van der Waals surface area contributed by atoms with Crippen LogP contribution < -0.4 is 26.7 Å². The van der Waals surface area contributed by atoms with Crippen LogP contribution in [0, 0.1) is 0 Å². The van der Waals surface area contributed by atoms with Gasteiger partial charge in [0.05, 0.1) is 23.9 Å². The van der Waals surface area contributed by atoms with Crippen LogP contribution in [0.4, 0.5) is 28.0 Å². The molecule has 0 radical (unpaired) electrons. The Balaban J connectivity index is 1.80. The lowest BCUT2D eigenvalue weighted by molar-refractivity contribution is -0.252. The first-order chi connectivity index (χ1) is 18.9. The molecule has 0 fully saturated rings. The first kappa shape index (κ1) is 30.1. The van der Waals surface area contributed by atoms with E-state index in [9.17, 15) is 36.7 Å². The monoisotopic (exact) mass is 585 g/mol. The van der Waals surface area contributed by atoms with E-state index in [4.69, 9.17) is 5.73 Å². The molecule has 0 spiro atoms. The lowest BCUT2D eigenvalue weighted by Crippen LogP contribution is -2.44. The highest BCUT2D eigenvalue weighted by atomic mass is 32.1. The number of hydrogen-bond acceptors (Lipinski definition) is 8. The molecule has 1 atom stereocenters. The number of ether oxygens (including phenoxy) is 2. The number of allylic oxidation sites excluding steroid dienone is 1. The lowest BCUT2D eigenvalue weighted by Gasteiger charge is -2.17. The number of pyridine rings is 1. The number of alkyl carbamates (subject to hydrolysis) is 1. The summed E-state index contributed by atoms with van der Waals surface area (Å²) in [5.74, 6) is -1.92. The fourth-order valence-corrected chi connectivity index (χ4v) is 4.38. The molecule has 0 aliphatic heterocycles. The van der Waals surface area contributed by atoms with Crippen molar-refractivity contribution in [2.24, 2.45) is 5.73 Å². The molecule has 1 aromatic carbocycles. The van der Waals surface area contributed by atoms with Crippen molar-refractivity contribution in [1.29, 1.82) is 0 Å². The molecular weight excluding hydrogens is 562 g/mol. The van der Waals surface area contributed by atoms with Crippen molar-refractivity contribution in [2.45, 2.75) is 38.0 Å². The Morgan fingerprint density at radius 2 is 1.98 bits per heavy atom. The summed E-state index contributed by atoms with van der Waals surface area (Å²) in [5.41, 5.74) is 4.43. The number of amides is 3. The van der Waals surface area contributed by atoms with E-state index in [0.29, 0.717) is 0 Å². The van der Waals surface area contributed by atoms with Gasteiger partial charge in [-0.05, 0) is 43.2 Å². The quantitative estimate of drug-likeness (QED) is 0.218. The second-order valence-corrected chi connectivity index (χ2v) is 9.17. The standard InChI is InChI=1S/C24H23F4N5O6S/c1-38-23(37)32-14(6-2-3-10-17(29)34)20(35)31-15-8-5-11-33(21(15)36)12-18-30-13-7-4-9-16(19(13)40-18)39-24(27,28)22(25)26/h3-5,7-11,14,22H,2,6,12H2,1H3,(H2,29,34)(H,31,35)(H,32,37)/b10-3+. The van der Waals surface area contributed by atoms with E-state index in [0.717, 1.165) is 30.6 Å². The number of carbonyl (C=O) groups excluding carboxylic acids is 3. The molecule has 0 aliphatic carbocycles. The number of benzene rings is 1. The maximum Gasteiger partial charge on any atom is 0.461 e. The van der Waals surface area contributed by atoms with Crippen LogP contribution in [0.15, 0.2) is 53.5 Å². The molecule has 3 aromatic rings. The molecule has 1 unspecified atom stereocenters. The van der Waals surface area contributed by atoms with Gasteiger partial charge in [0, 0.05) is 6.20 Å². The average Bonchev–Trinajstić information content (AvgIpc) is 3.31. The van der Waals surface area contributed by atoms with Gasteiger partial charge in [-0.25, -0.2) is 9.78 Å². The predicted molar refractivity (Wildman–Crippen MR) is 137 cm³/mol. The number of nitrogens with one attached hydrogen (secondary N) is 2. The number of halogens is 4. The molecular formula is C24H23F4N5O6S. The van der Waals surface area contributed by atoms with E-state index >= 15 is 0 Å². The minimum atomic E-state index is -4.71. The molecule has 16 heteroatoms. The Labute approximate surface area is 227 Å². The minimum absolute atomic E-state index is 0.0481. The summed E-state index contributed by atoms with van der Waals surface area (Å²) in [6.07, 6.45) is -5.49. The van der Waals surface area contributed by atoms with Crippen LogP contribution in [0.2, 0.25) is 0 Å². The molecule has 214 valence electrons. The molecule has 0 saturated heterocycles. The number of nitrogens with two attached hydrogens (primary N) is 1. The Morgan fingerprint density at radius 1 is 1.23 bits per heavy atom. The third-order valence-corrected chi connectivity index (χ3v) is 6.28. The smallest absolute Gasteiger partial charge is 0.453 e. The Kier molecular flexibility index (Phi) is 9.82. The summed E-state index contributed by atoms with van der Waals surface area (Å²) in [5, 5.41) is 5.04. The third kappa shape index (κ3) is 7.78. The number of alkyl halides is 4. The lowest BCUT2D eigenvalue weighted by atomic mass is 10.1. The number of methoxy groups -OCH3 is 1. The predicted octanol–water partition coefficient (Wildman–Crippen LogP) is 3.23. The third-order valence-electron chi connectivity index (χ3n) is 5.20. The molecule has 2 heterocycles. The number of nitrogens with zero attached hydrogens (tertiary/aromatic N) is 2. The largest absolute Gasteiger partial charge is 0.461 e. The van der Waals surface area contributed by atoms with Crippen LogP contribution in [0.1, 0.15) is 17.8 Å². The number of primary amides is 1. The van der Waals surface area contributed by atoms with Crippen molar-refractivity contribution in [1.82, 2.24) is 14.9 Å². The molecule has 11 nitrogen and oxygen atoms in total. The maximum atomic E-state index is 13.5. The highest BCUT2D eigenvalue weighted by molar-refractivity contribution is 7.19. The summed E-state index contributed by atoms with van der Waals surface area (Å²) >= 11 is 0.865. The first-order valence-electron chi connectivity index (χ1n) is 11.5. The van der Waals surface area contributed by atoms with Crippen LogP contribution in [0.5, 0.6) is 5.75 Å². The highest BCUT2D eigenvalue weighted by Crippen LogP contribution is 2.36. The normalized spacial score (nSPS) is 12.4. The topological polar surface area (TPSA) is 155 Å². The average molecular weight is 586 g/mol. The molecule has 0 saturated carbocycles. The molecule has 3 rings (SSSR count). The summed E-state index contributed by atoms with van der Waals surface area (Å²) in [6.45, 7) is -0.145. The van der Waals surface area contributed by atoms with Gasteiger partial charge in [-0.2, -0.15) is 17.6 Å². The van der Waals surface area contributed by atoms with E-state index in [2.05, 4.69) is 25.1 Å². The van der Waals surface area contributed by atoms with Crippen LogP contribution in [0.3, 0.4) is 0 Å². The zero-order valence-electron chi connectivity index (χ0n) is 20.7. The van der Waals surface area contributed by atoms with Crippen LogP contribution in [-0.4, -0.2) is 53.1 Å². The first-order valence-corrected chi connectivity index (χ1v) is 12.3. The van der Waals surface area contributed by atoms with Gasteiger partial charge < -0.3 is 30.4 Å². The Hall–Kier alpha value is -4.47. The van der Waals surface area contributed by atoms with Crippen molar-refractivity contribution in [3.05, 3.63) is 64.0 Å². The van der Waals surface area contributed by atoms with Gasteiger partial charge in [-0.1, -0.05) is 12.1 Å². The fraction of sp³-hybridized carbons (Fsp3) is 0.292. The van der Waals surface area contributed by atoms with E-state index in [1.54, 1.807) is 0 Å². The van der Waals surface area contributed by atoms with Gasteiger partial charge in [0.2, 0.25) is 11.8 Å². The highest BCUT2D eigenvalue weighted by Gasteiger charge is 2.44. The van der Waals surface area contributed by atoms with E-state index in [-0.39, 0.29) is 40.3 Å². The van der Waals surface area contributed by atoms with Gasteiger partial charge in [0.15, 0.2) is 0 Å². The van der Waals surface area contributed by atoms with E-state index in [1.165, 1.54) is 41.1 Å². The van der Waals surface area contributed by atoms with Crippen LogP contribution in [0.25, 0.3) is 10.2 Å². The molecule has 2 aromatic heterocycles. The summed E-state index contributed by atoms with van der Waals surface area (Å²) < 4.78 is 62.1. The van der Waals surface area contributed by atoms with Crippen LogP contribution >= 0.6 is 11.3 Å². The van der Waals surface area contributed by atoms with Crippen molar-refractivity contribution in [3.63, 3.8) is 0 Å². The van der Waals surface area contributed by atoms with Gasteiger partial charge in [-0.3, -0.25) is 14.4 Å². The SMILES string of the molecule is COC(=O)NC(CC/C=C/C(N)=O)C(=O)Nc1cccn(Cc2nc3cccc(OC(F)(F)C(F)F)c3s2)c1=O. The summed E-state index contributed by atoms with van der Waals surface area (Å²) in [7, 11) is 1.11. The van der Waals surface area contributed by atoms with E-state index in [1.807, 2.05) is 0 Å². The van der Waals surface area contributed by atoms with Gasteiger partial charge in [0.1, 0.15) is 22.5 Å². The van der Waals surface area contributed by atoms with Crippen molar-refractivity contribution in [2.75, 3.05) is 12.4 Å². The maximum absolute atomic E-state index is 13.5. The van der Waals surface area contributed by atoms with Gasteiger partial charge in [0.25, 0.3) is 5.56 Å². The fourth-order valence-electron chi connectivity index (χ4n) is 3.36. The second kappa shape index (κ2) is 13.1.